The van der Waals surface area contributed by atoms with Crippen LogP contribution in [0.4, 0.5) is 0 Å². The second-order valence-electron chi connectivity index (χ2n) is 6.32. The molecule has 6 heteroatoms. The molecule has 2 amide bonds. The fourth-order valence-corrected chi connectivity index (χ4v) is 3.56. The maximum atomic E-state index is 12.0. The van der Waals surface area contributed by atoms with E-state index in [-0.39, 0.29) is 18.4 Å². The van der Waals surface area contributed by atoms with Gasteiger partial charge in [0.05, 0.1) is 17.2 Å². The van der Waals surface area contributed by atoms with Gasteiger partial charge in [-0.1, -0.05) is 24.3 Å². The van der Waals surface area contributed by atoms with Crippen molar-refractivity contribution in [1.29, 1.82) is 0 Å². The highest BCUT2D eigenvalue weighted by atomic mass is 32.1. The highest BCUT2D eigenvalue weighted by Crippen LogP contribution is 2.21. The Kier molecular flexibility index (Phi) is 5.81. The zero-order chi connectivity index (χ0) is 17.6. The SMILES string of the molecule is Cc1nc(-c2ccc(CCNC(=O)CN3CCCCC3=O)cc2)cs1. The Balaban J connectivity index is 1.44. The lowest BCUT2D eigenvalue weighted by atomic mass is 10.1. The standard InChI is InChI=1S/C19H23N3O2S/c1-14-21-17(13-25-14)16-7-5-15(6-8-16)9-10-20-18(23)12-22-11-3-2-4-19(22)24/h5-8,13H,2-4,9-12H2,1H3,(H,20,23). The molecule has 0 saturated carbocycles. The lowest BCUT2D eigenvalue weighted by Gasteiger charge is -2.25. The Morgan fingerprint density at radius 3 is 2.76 bits per heavy atom. The van der Waals surface area contributed by atoms with E-state index in [0.717, 1.165) is 35.5 Å². The van der Waals surface area contributed by atoms with Crippen LogP contribution in [0.25, 0.3) is 11.3 Å². The third kappa shape index (κ3) is 4.89. The van der Waals surface area contributed by atoms with Gasteiger partial charge in [0.25, 0.3) is 0 Å². The molecule has 0 atom stereocenters. The molecule has 1 saturated heterocycles. The van der Waals surface area contributed by atoms with Crippen molar-refractivity contribution in [3.8, 4) is 11.3 Å². The minimum Gasteiger partial charge on any atom is -0.354 e. The van der Waals surface area contributed by atoms with Crippen molar-refractivity contribution >= 4 is 23.2 Å². The van der Waals surface area contributed by atoms with E-state index in [0.29, 0.717) is 19.5 Å². The molecule has 0 radical (unpaired) electrons. The van der Waals surface area contributed by atoms with E-state index < -0.39 is 0 Å². The van der Waals surface area contributed by atoms with Gasteiger partial charge in [0.2, 0.25) is 11.8 Å². The maximum absolute atomic E-state index is 12.0. The molecule has 1 aromatic carbocycles. The first-order chi connectivity index (χ1) is 12.1. The molecule has 0 unspecified atom stereocenters. The average Bonchev–Trinajstić information content (AvgIpc) is 3.04. The van der Waals surface area contributed by atoms with Gasteiger partial charge >= 0.3 is 0 Å². The van der Waals surface area contributed by atoms with Gasteiger partial charge in [-0.15, -0.1) is 11.3 Å². The van der Waals surface area contributed by atoms with Crippen molar-refractivity contribution in [2.75, 3.05) is 19.6 Å². The summed E-state index contributed by atoms with van der Waals surface area (Å²) in [5.41, 5.74) is 3.29. The first-order valence-corrected chi connectivity index (χ1v) is 9.56. The third-order valence-electron chi connectivity index (χ3n) is 4.36. The predicted octanol–water partition coefficient (Wildman–Crippen LogP) is 2.79. The number of carbonyl (C=O) groups is 2. The van der Waals surface area contributed by atoms with Crippen molar-refractivity contribution in [3.05, 3.63) is 40.2 Å². The van der Waals surface area contributed by atoms with Gasteiger partial charge in [-0.25, -0.2) is 4.98 Å². The Morgan fingerprint density at radius 2 is 2.08 bits per heavy atom. The number of aromatic nitrogens is 1. The normalized spacial score (nSPS) is 14.6. The second kappa shape index (κ2) is 8.25. The summed E-state index contributed by atoms with van der Waals surface area (Å²) < 4.78 is 0. The van der Waals surface area contributed by atoms with Crippen molar-refractivity contribution in [1.82, 2.24) is 15.2 Å². The highest BCUT2D eigenvalue weighted by molar-refractivity contribution is 7.09. The molecule has 0 spiro atoms. The number of rotatable bonds is 6. The highest BCUT2D eigenvalue weighted by Gasteiger charge is 2.19. The molecule has 1 aromatic heterocycles. The van der Waals surface area contributed by atoms with Gasteiger partial charge < -0.3 is 10.2 Å². The lowest BCUT2D eigenvalue weighted by Crippen LogP contribution is -2.43. The Bertz CT molecular complexity index is 739. The van der Waals surface area contributed by atoms with Crippen LogP contribution in [0.5, 0.6) is 0 Å². The Hall–Kier alpha value is -2.21. The largest absolute Gasteiger partial charge is 0.354 e. The van der Waals surface area contributed by atoms with Crippen LogP contribution in [-0.4, -0.2) is 41.3 Å². The number of piperidine rings is 1. The topological polar surface area (TPSA) is 62.3 Å². The first kappa shape index (κ1) is 17.6. The number of nitrogens with zero attached hydrogens (tertiary/aromatic N) is 2. The zero-order valence-electron chi connectivity index (χ0n) is 14.5. The molecule has 2 heterocycles. The van der Waals surface area contributed by atoms with Gasteiger partial charge in [0, 0.05) is 30.5 Å². The van der Waals surface area contributed by atoms with Crippen LogP contribution < -0.4 is 5.32 Å². The van der Waals surface area contributed by atoms with Gasteiger partial charge in [0.15, 0.2) is 0 Å². The number of likely N-dealkylation sites (tertiary alicyclic amines) is 1. The fourth-order valence-electron chi connectivity index (χ4n) is 2.94. The molecule has 3 rings (SSSR count). The van der Waals surface area contributed by atoms with Crippen LogP contribution in [0.2, 0.25) is 0 Å². The van der Waals surface area contributed by atoms with Gasteiger partial charge in [-0.2, -0.15) is 0 Å². The second-order valence-corrected chi connectivity index (χ2v) is 7.38. The Morgan fingerprint density at radius 1 is 1.28 bits per heavy atom. The molecular formula is C19H23N3O2S. The van der Waals surface area contributed by atoms with Crippen molar-refractivity contribution in [3.63, 3.8) is 0 Å². The first-order valence-electron chi connectivity index (χ1n) is 8.68. The van der Waals surface area contributed by atoms with Crippen molar-refractivity contribution in [2.45, 2.75) is 32.6 Å². The fraction of sp³-hybridized carbons (Fsp3) is 0.421. The predicted molar refractivity (Wildman–Crippen MR) is 99.4 cm³/mol. The van der Waals surface area contributed by atoms with Crippen LogP contribution in [0.3, 0.4) is 0 Å². The number of benzene rings is 1. The third-order valence-corrected chi connectivity index (χ3v) is 5.13. The van der Waals surface area contributed by atoms with Crippen LogP contribution in [-0.2, 0) is 16.0 Å². The summed E-state index contributed by atoms with van der Waals surface area (Å²) in [4.78, 5) is 29.8. The molecule has 1 fully saturated rings. The summed E-state index contributed by atoms with van der Waals surface area (Å²) in [5.74, 6) is 0.0130. The van der Waals surface area contributed by atoms with Gasteiger partial charge in [0.1, 0.15) is 0 Å². The van der Waals surface area contributed by atoms with E-state index in [1.54, 1.807) is 16.2 Å². The molecule has 1 aliphatic heterocycles. The van der Waals surface area contributed by atoms with E-state index >= 15 is 0 Å². The van der Waals surface area contributed by atoms with Gasteiger partial charge in [-0.05, 0) is 31.7 Å². The summed E-state index contributed by atoms with van der Waals surface area (Å²) in [5, 5.41) is 6.03. The number of hydrogen-bond donors (Lipinski definition) is 1. The monoisotopic (exact) mass is 357 g/mol. The van der Waals surface area contributed by atoms with Crippen LogP contribution in [0.1, 0.15) is 29.8 Å². The molecule has 1 aliphatic rings. The zero-order valence-corrected chi connectivity index (χ0v) is 15.3. The average molecular weight is 357 g/mol. The molecule has 1 N–H and O–H groups in total. The van der Waals surface area contributed by atoms with Crippen LogP contribution in [0.15, 0.2) is 29.6 Å². The van der Waals surface area contributed by atoms with E-state index in [2.05, 4.69) is 39.9 Å². The summed E-state index contributed by atoms with van der Waals surface area (Å²) >= 11 is 1.65. The Labute approximate surface area is 152 Å². The molecule has 5 nitrogen and oxygen atoms in total. The minimum absolute atomic E-state index is 0.0789. The summed E-state index contributed by atoms with van der Waals surface area (Å²) in [6, 6.07) is 8.28. The number of thiazole rings is 1. The molecule has 132 valence electrons. The van der Waals surface area contributed by atoms with E-state index in [4.69, 9.17) is 0 Å². The summed E-state index contributed by atoms with van der Waals surface area (Å²) in [7, 11) is 0. The van der Waals surface area contributed by atoms with Crippen LogP contribution in [0, 0.1) is 6.92 Å². The number of carbonyl (C=O) groups excluding carboxylic acids is 2. The van der Waals surface area contributed by atoms with E-state index in [9.17, 15) is 9.59 Å². The van der Waals surface area contributed by atoms with Gasteiger partial charge in [-0.3, -0.25) is 9.59 Å². The minimum atomic E-state index is -0.0789. The number of amides is 2. The number of aryl methyl sites for hydroxylation is 1. The molecule has 0 bridgehead atoms. The lowest BCUT2D eigenvalue weighted by molar-refractivity contribution is -0.137. The smallest absolute Gasteiger partial charge is 0.239 e. The van der Waals surface area contributed by atoms with E-state index in [1.165, 1.54) is 5.56 Å². The molecule has 25 heavy (non-hydrogen) atoms. The molecular weight excluding hydrogens is 334 g/mol. The van der Waals surface area contributed by atoms with E-state index in [1.807, 2.05) is 6.92 Å². The number of hydrogen-bond acceptors (Lipinski definition) is 4. The summed E-state index contributed by atoms with van der Waals surface area (Å²) in [6.07, 6.45) is 3.27. The molecule has 2 aromatic rings. The summed E-state index contributed by atoms with van der Waals surface area (Å²) in [6.45, 7) is 3.46. The van der Waals surface area contributed by atoms with Crippen molar-refractivity contribution in [2.24, 2.45) is 0 Å². The molecule has 0 aliphatic carbocycles. The van der Waals surface area contributed by atoms with Crippen molar-refractivity contribution < 1.29 is 9.59 Å². The maximum Gasteiger partial charge on any atom is 0.239 e. The van der Waals surface area contributed by atoms with Crippen LogP contribution >= 0.6 is 11.3 Å². The quantitative estimate of drug-likeness (QED) is 0.865. The number of nitrogens with one attached hydrogen (secondary N) is 1.